The lowest BCUT2D eigenvalue weighted by Gasteiger charge is -2.32. The summed E-state index contributed by atoms with van der Waals surface area (Å²) >= 11 is 6.55. The molecule has 1 aromatic carbocycles. The monoisotopic (exact) mass is 415 g/mol. The topological polar surface area (TPSA) is 89.6 Å². The van der Waals surface area contributed by atoms with Gasteiger partial charge in [0.2, 0.25) is 0 Å². The number of hydrogen-bond donors (Lipinski definition) is 2. The zero-order chi connectivity index (χ0) is 20.4. The van der Waals surface area contributed by atoms with E-state index in [4.69, 9.17) is 21.1 Å². The maximum Gasteiger partial charge on any atom is 0.309 e. The van der Waals surface area contributed by atoms with E-state index in [2.05, 4.69) is 15.6 Å². The van der Waals surface area contributed by atoms with Crippen LogP contribution in [0.4, 0.5) is 5.69 Å². The van der Waals surface area contributed by atoms with Crippen LogP contribution in [0.3, 0.4) is 0 Å². The predicted molar refractivity (Wildman–Crippen MR) is 107 cm³/mol. The second-order valence-corrected chi connectivity index (χ2v) is 7.63. The standard InChI is InChI=1S/C21H22ClN3O4/c1-13(14-6-9-23-10-7-14)25-20-15-8-11-24-12-21(16(15)2-3-17(20)22)28-18(26)4-5-19(27)29-21/h2-3,6-7,9-10,13,24-25H,4-5,8,11-12H2,1H3. The highest BCUT2D eigenvalue weighted by atomic mass is 35.5. The van der Waals surface area contributed by atoms with E-state index in [-0.39, 0.29) is 25.4 Å². The van der Waals surface area contributed by atoms with Gasteiger partial charge in [0.05, 0.1) is 30.1 Å². The lowest BCUT2D eigenvalue weighted by atomic mass is 9.95. The number of carbonyl (C=O) groups is 2. The smallest absolute Gasteiger partial charge is 0.309 e. The summed E-state index contributed by atoms with van der Waals surface area (Å²) in [4.78, 5) is 28.5. The quantitative estimate of drug-likeness (QED) is 0.744. The average molecular weight is 416 g/mol. The molecule has 0 saturated carbocycles. The maximum atomic E-state index is 12.2. The van der Waals surface area contributed by atoms with Gasteiger partial charge in [-0.25, -0.2) is 0 Å². The summed E-state index contributed by atoms with van der Waals surface area (Å²) in [7, 11) is 0. The summed E-state index contributed by atoms with van der Waals surface area (Å²) in [6, 6.07) is 7.35. The van der Waals surface area contributed by atoms with Crippen molar-refractivity contribution in [3.63, 3.8) is 0 Å². The molecule has 2 N–H and O–H groups in total. The van der Waals surface area contributed by atoms with Crippen molar-refractivity contribution in [3.8, 4) is 0 Å². The fraction of sp³-hybridized carbons (Fsp3) is 0.381. The van der Waals surface area contributed by atoms with Crippen molar-refractivity contribution >= 4 is 29.2 Å². The molecule has 2 aliphatic rings. The van der Waals surface area contributed by atoms with Gasteiger partial charge in [0.1, 0.15) is 0 Å². The molecule has 4 rings (SSSR count). The highest BCUT2D eigenvalue weighted by Crippen LogP contribution is 2.41. The summed E-state index contributed by atoms with van der Waals surface area (Å²) in [5, 5.41) is 7.24. The number of fused-ring (bicyclic) bond motifs is 2. The number of carbonyl (C=O) groups excluding carboxylic acids is 2. The van der Waals surface area contributed by atoms with Crippen LogP contribution in [0.5, 0.6) is 0 Å². The zero-order valence-electron chi connectivity index (χ0n) is 16.0. The molecule has 1 fully saturated rings. The number of ether oxygens (including phenoxy) is 2. The van der Waals surface area contributed by atoms with Crippen molar-refractivity contribution in [2.75, 3.05) is 18.4 Å². The van der Waals surface area contributed by atoms with Crippen molar-refractivity contribution in [1.29, 1.82) is 0 Å². The number of pyridine rings is 1. The second kappa shape index (κ2) is 8.00. The minimum Gasteiger partial charge on any atom is -0.416 e. The van der Waals surface area contributed by atoms with Crippen LogP contribution in [-0.4, -0.2) is 30.0 Å². The molecule has 29 heavy (non-hydrogen) atoms. The third kappa shape index (κ3) is 3.93. The molecule has 8 heteroatoms. The van der Waals surface area contributed by atoms with Gasteiger partial charge in [0, 0.05) is 24.0 Å². The van der Waals surface area contributed by atoms with Crippen LogP contribution in [0.2, 0.25) is 5.02 Å². The van der Waals surface area contributed by atoms with Gasteiger partial charge in [0.25, 0.3) is 5.79 Å². The summed E-state index contributed by atoms with van der Waals surface area (Å²) < 4.78 is 11.4. The van der Waals surface area contributed by atoms with Crippen LogP contribution in [0.25, 0.3) is 0 Å². The van der Waals surface area contributed by atoms with E-state index in [0.29, 0.717) is 23.6 Å². The predicted octanol–water partition coefficient (Wildman–Crippen LogP) is 3.09. The summed E-state index contributed by atoms with van der Waals surface area (Å²) in [6.07, 6.45) is 4.13. The fourth-order valence-electron chi connectivity index (χ4n) is 3.78. The Morgan fingerprint density at radius 1 is 1.10 bits per heavy atom. The Hall–Kier alpha value is -2.64. The molecule has 1 atom stereocenters. The molecule has 0 aliphatic carbocycles. The van der Waals surface area contributed by atoms with Gasteiger partial charge in [-0.2, -0.15) is 0 Å². The first-order valence-corrected chi connectivity index (χ1v) is 9.99. The number of anilines is 1. The third-order valence-corrected chi connectivity index (χ3v) is 5.55. The molecule has 1 saturated heterocycles. The van der Waals surface area contributed by atoms with Crippen LogP contribution in [0.15, 0.2) is 36.7 Å². The van der Waals surface area contributed by atoms with Gasteiger partial charge in [-0.15, -0.1) is 0 Å². The van der Waals surface area contributed by atoms with Gasteiger partial charge in [-0.3, -0.25) is 14.6 Å². The molecule has 0 bridgehead atoms. The Morgan fingerprint density at radius 3 is 2.48 bits per heavy atom. The van der Waals surface area contributed by atoms with Gasteiger partial charge in [-0.1, -0.05) is 11.6 Å². The average Bonchev–Trinajstić information content (AvgIpc) is 2.97. The normalized spacial score (nSPS) is 19.4. The molecule has 1 spiro atoms. The number of nitrogens with zero attached hydrogens (tertiary/aromatic N) is 1. The van der Waals surface area contributed by atoms with Crippen molar-refractivity contribution in [2.45, 2.75) is 38.0 Å². The number of rotatable bonds is 3. The maximum absolute atomic E-state index is 12.2. The van der Waals surface area contributed by atoms with Crippen molar-refractivity contribution in [3.05, 3.63) is 58.4 Å². The molecule has 3 heterocycles. The molecule has 7 nitrogen and oxygen atoms in total. The number of esters is 2. The second-order valence-electron chi connectivity index (χ2n) is 7.22. The molecular formula is C21H22ClN3O4. The van der Waals surface area contributed by atoms with Crippen LogP contribution in [0.1, 0.15) is 42.5 Å². The molecule has 1 unspecified atom stereocenters. The molecule has 0 amide bonds. The summed E-state index contributed by atoms with van der Waals surface area (Å²) in [6.45, 7) is 2.85. The molecule has 152 valence electrons. The van der Waals surface area contributed by atoms with Gasteiger partial charge in [0.15, 0.2) is 0 Å². The Balaban J connectivity index is 1.78. The van der Waals surface area contributed by atoms with E-state index < -0.39 is 17.7 Å². The van der Waals surface area contributed by atoms with Crippen LogP contribution in [0, 0.1) is 0 Å². The van der Waals surface area contributed by atoms with Gasteiger partial charge < -0.3 is 20.1 Å². The van der Waals surface area contributed by atoms with Crippen LogP contribution in [-0.2, 0) is 31.3 Å². The molecule has 1 aromatic heterocycles. The molecular weight excluding hydrogens is 394 g/mol. The van der Waals surface area contributed by atoms with E-state index >= 15 is 0 Å². The van der Waals surface area contributed by atoms with Crippen molar-refractivity contribution < 1.29 is 19.1 Å². The van der Waals surface area contributed by atoms with Crippen LogP contribution < -0.4 is 10.6 Å². The van der Waals surface area contributed by atoms with Crippen LogP contribution >= 0.6 is 11.6 Å². The largest absolute Gasteiger partial charge is 0.416 e. The Kier molecular flexibility index (Phi) is 5.43. The highest BCUT2D eigenvalue weighted by molar-refractivity contribution is 6.33. The van der Waals surface area contributed by atoms with E-state index in [9.17, 15) is 9.59 Å². The number of benzene rings is 1. The van der Waals surface area contributed by atoms with Gasteiger partial charge >= 0.3 is 11.9 Å². The fourth-order valence-corrected chi connectivity index (χ4v) is 4.01. The first-order valence-electron chi connectivity index (χ1n) is 9.61. The number of aromatic nitrogens is 1. The van der Waals surface area contributed by atoms with E-state index in [1.54, 1.807) is 24.5 Å². The lowest BCUT2D eigenvalue weighted by molar-refractivity contribution is -0.225. The van der Waals surface area contributed by atoms with Gasteiger partial charge in [-0.05, 0) is 55.3 Å². The lowest BCUT2D eigenvalue weighted by Crippen LogP contribution is -2.43. The highest BCUT2D eigenvalue weighted by Gasteiger charge is 2.46. The number of hydrogen-bond acceptors (Lipinski definition) is 7. The van der Waals surface area contributed by atoms with E-state index in [0.717, 1.165) is 16.8 Å². The summed E-state index contributed by atoms with van der Waals surface area (Å²) in [5.74, 6) is -2.41. The minimum absolute atomic E-state index is 0.00763. The first-order chi connectivity index (χ1) is 14.0. The zero-order valence-corrected chi connectivity index (χ0v) is 16.8. The number of halogens is 1. The minimum atomic E-state index is -1.49. The SMILES string of the molecule is CC(Nc1c(Cl)ccc2c1CCNCC21OC(=O)CCC(=O)O1)c1ccncc1. The van der Waals surface area contributed by atoms with Crippen molar-refractivity contribution in [1.82, 2.24) is 10.3 Å². The summed E-state index contributed by atoms with van der Waals surface area (Å²) in [5.41, 5.74) is 3.31. The Morgan fingerprint density at radius 2 is 1.79 bits per heavy atom. The molecule has 2 aliphatic heterocycles. The molecule has 2 aromatic rings. The van der Waals surface area contributed by atoms with Crippen molar-refractivity contribution in [2.24, 2.45) is 0 Å². The van der Waals surface area contributed by atoms with E-state index in [1.807, 2.05) is 19.1 Å². The Labute approximate surface area is 173 Å². The van der Waals surface area contributed by atoms with E-state index in [1.165, 1.54) is 0 Å². The first kappa shape index (κ1) is 19.7. The number of nitrogens with one attached hydrogen (secondary N) is 2. The Bertz CT molecular complexity index is 917. The third-order valence-electron chi connectivity index (χ3n) is 5.24. The molecule has 0 radical (unpaired) electrons.